The molecule has 1 unspecified atom stereocenters. The van der Waals surface area contributed by atoms with Crippen molar-refractivity contribution in [1.29, 1.82) is 0 Å². The van der Waals surface area contributed by atoms with E-state index in [1.165, 1.54) is 11.0 Å². The maximum Gasteiger partial charge on any atom is 0.414 e. The fourth-order valence-electron chi connectivity index (χ4n) is 3.85. The summed E-state index contributed by atoms with van der Waals surface area (Å²) in [6.07, 6.45) is -1.38. The number of ether oxygens (including phenoxy) is 1. The van der Waals surface area contributed by atoms with Crippen LogP contribution in [0.2, 0.25) is 18.1 Å². The van der Waals surface area contributed by atoms with E-state index in [9.17, 15) is 17.6 Å². The first-order valence-electron chi connectivity index (χ1n) is 10.7. The van der Waals surface area contributed by atoms with Crippen molar-refractivity contribution in [2.75, 3.05) is 35.2 Å². The molecule has 32 heavy (non-hydrogen) atoms. The number of halogens is 1. The lowest BCUT2D eigenvalue weighted by Crippen LogP contribution is -2.66. The quantitative estimate of drug-likeness (QED) is 0.457. The molecule has 0 saturated carbocycles. The predicted octanol–water partition coefficient (Wildman–Crippen LogP) is 4.03. The van der Waals surface area contributed by atoms with Gasteiger partial charge in [0.15, 0.2) is 8.32 Å². The van der Waals surface area contributed by atoms with Gasteiger partial charge in [-0.05, 0) is 43.3 Å². The molecule has 0 aromatic heterocycles. The molecule has 3 rings (SSSR count). The smallest absolute Gasteiger partial charge is 0.414 e. The van der Waals surface area contributed by atoms with Crippen molar-refractivity contribution >= 4 is 35.9 Å². The number of benzene rings is 1. The largest absolute Gasteiger partial charge is 0.444 e. The Morgan fingerprint density at radius 2 is 1.94 bits per heavy atom. The second-order valence-corrected chi connectivity index (χ2v) is 16.8. The first-order valence-corrected chi connectivity index (χ1v) is 15.2. The van der Waals surface area contributed by atoms with E-state index in [-0.39, 0.29) is 23.6 Å². The molecule has 180 valence electrons. The van der Waals surface area contributed by atoms with E-state index in [1.807, 2.05) is 4.90 Å². The van der Waals surface area contributed by atoms with Crippen molar-refractivity contribution in [3.8, 4) is 0 Å². The minimum Gasteiger partial charge on any atom is -0.444 e. The van der Waals surface area contributed by atoms with Gasteiger partial charge in [-0.25, -0.2) is 9.18 Å². The van der Waals surface area contributed by atoms with Crippen molar-refractivity contribution in [2.45, 2.75) is 64.0 Å². The first kappa shape index (κ1) is 24.9. The first-order chi connectivity index (χ1) is 14.5. The lowest BCUT2D eigenvalue weighted by atomic mass is 9.96. The van der Waals surface area contributed by atoms with Crippen LogP contribution in [0, 0.1) is 5.82 Å². The SMILES string of the molecule is CC1(O[Si](C)(C)C(C)(C)C)CN(c2ccc(N3CC(CCS(=O)(=O)O)OC3=O)cc2F)C1. The Hall–Kier alpha value is -1.69. The van der Waals surface area contributed by atoms with Crippen molar-refractivity contribution in [1.82, 2.24) is 0 Å². The Labute approximate surface area is 190 Å². The molecule has 11 heteroatoms. The Balaban J connectivity index is 1.64. The number of cyclic esters (lactones) is 1. The topological polar surface area (TPSA) is 96.4 Å². The highest BCUT2D eigenvalue weighted by Gasteiger charge is 2.48. The summed E-state index contributed by atoms with van der Waals surface area (Å²) in [7, 11) is -6.09. The molecule has 2 saturated heterocycles. The third kappa shape index (κ3) is 5.44. The van der Waals surface area contributed by atoms with Crippen molar-refractivity contribution in [3.63, 3.8) is 0 Å². The van der Waals surface area contributed by atoms with Crippen molar-refractivity contribution in [3.05, 3.63) is 24.0 Å². The van der Waals surface area contributed by atoms with E-state index in [4.69, 9.17) is 13.7 Å². The average molecular weight is 489 g/mol. The van der Waals surface area contributed by atoms with Gasteiger partial charge in [0, 0.05) is 19.5 Å². The zero-order valence-corrected chi connectivity index (χ0v) is 21.3. The molecule has 0 spiro atoms. The van der Waals surface area contributed by atoms with E-state index in [2.05, 4.69) is 40.8 Å². The summed E-state index contributed by atoms with van der Waals surface area (Å²) in [5.74, 6) is -0.956. The highest BCUT2D eigenvalue weighted by molar-refractivity contribution is 7.85. The molecule has 2 aliphatic rings. The molecule has 1 N–H and O–H groups in total. The highest BCUT2D eigenvalue weighted by atomic mass is 32.2. The maximum atomic E-state index is 14.9. The number of hydrogen-bond acceptors (Lipinski definition) is 6. The summed E-state index contributed by atoms with van der Waals surface area (Å²) in [5, 5.41) is 0.0902. The highest BCUT2D eigenvalue weighted by Crippen LogP contribution is 2.42. The van der Waals surface area contributed by atoms with Crippen LogP contribution in [0.4, 0.5) is 20.6 Å². The molecule has 1 aromatic rings. The van der Waals surface area contributed by atoms with Crippen LogP contribution in [0.15, 0.2) is 18.2 Å². The summed E-state index contributed by atoms with van der Waals surface area (Å²) in [4.78, 5) is 15.3. The Kier molecular flexibility index (Phi) is 6.44. The van der Waals surface area contributed by atoms with Gasteiger partial charge in [0.25, 0.3) is 10.1 Å². The van der Waals surface area contributed by atoms with Crippen LogP contribution in [-0.2, 0) is 19.3 Å². The third-order valence-electron chi connectivity index (χ3n) is 6.51. The number of anilines is 2. The number of rotatable bonds is 7. The summed E-state index contributed by atoms with van der Waals surface area (Å²) < 4.78 is 57.3. The van der Waals surface area contributed by atoms with E-state index in [1.54, 1.807) is 12.1 Å². The Bertz CT molecular complexity index is 988. The van der Waals surface area contributed by atoms with Gasteiger partial charge in [0.2, 0.25) is 0 Å². The van der Waals surface area contributed by atoms with Gasteiger partial charge in [0.1, 0.15) is 11.9 Å². The number of carbonyl (C=O) groups is 1. The van der Waals surface area contributed by atoms with E-state index in [0.717, 1.165) is 0 Å². The monoisotopic (exact) mass is 488 g/mol. The van der Waals surface area contributed by atoms with Crippen LogP contribution in [-0.4, -0.2) is 64.5 Å². The molecule has 1 atom stereocenters. The molecule has 8 nitrogen and oxygen atoms in total. The molecule has 0 bridgehead atoms. The predicted molar refractivity (Wildman–Crippen MR) is 124 cm³/mol. The van der Waals surface area contributed by atoms with Gasteiger partial charge in [-0.2, -0.15) is 8.42 Å². The number of nitrogens with zero attached hydrogens (tertiary/aromatic N) is 2. The Morgan fingerprint density at radius 1 is 1.31 bits per heavy atom. The van der Waals surface area contributed by atoms with Gasteiger partial charge >= 0.3 is 6.09 Å². The van der Waals surface area contributed by atoms with E-state index < -0.39 is 42.2 Å². The fraction of sp³-hybridized carbons (Fsp3) is 0.667. The van der Waals surface area contributed by atoms with Gasteiger partial charge in [-0.15, -0.1) is 0 Å². The molecule has 1 aromatic carbocycles. The summed E-state index contributed by atoms with van der Waals surface area (Å²) in [6, 6.07) is 4.57. The molecule has 2 heterocycles. The molecular formula is C21H33FN2O6SSi. The lowest BCUT2D eigenvalue weighted by Gasteiger charge is -2.54. The minimum atomic E-state index is -4.14. The van der Waals surface area contributed by atoms with Gasteiger partial charge in [-0.1, -0.05) is 20.8 Å². The van der Waals surface area contributed by atoms with Gasteiger partial charge in [0.05, 0.1) is 29.3 Å². The summed E-state index contributed by atoms with van der Waals surface area (Å²) in [6.45, 7) is 14.3. The third-order valence-corrected chi connectivity index (χ3v) is 11.9. The second-order valence-electron chi connectivity index (χ2n) is 10.5. The lowest BCUT2D eigenvalue weighted by molar-refractivity contribution is 0.0427. The number of amides is 1. The zero-order chi connectivity index (χ0) is 24.1. The van der Waals surface area contributed by atoms with E-state index in [0.29, 0.717) is 24.5 Å². The zero-order valence-electron chi connectivity index (χ0n) is 19.5. The molecular weight excluding hydrogens is 455 g/mol. The van der Waals surface area contributed by atoms with Crippen LogP contribution in [0.25, 0.3) is 0 Å². The molecule has 0 radical (unpaired) electrons. The second kappa shape index (κ2) is 8.26. The van der Waals surface area contributed by atoms with Crippen LogP contribution < -0.4 is 9.80 Å². The Morgan fingerprint density at radius 3 is 2.47 bits per heavy atom. The van der Waals surface area contributed by atoms with Crippen molar-refractivity contribution < 1.29 is 31.3 Å². The fourth-order valence-corrected chi connectivity index (χ4v) is 6.08. The normalized spacial score (nSPS) is 21.5. The van der Waals surface area contributed by atoms with Crippen LogP contribution in [0.5, 0.6) is 0 Å². The number of hydrogen-bond donors (Lipinski definition) is 1. The standard InChI is InChI=1S/C21H33FN2O6SSi/c1-20(2,3)32(5,6)30-21(4)13-23(14-21)18-8-7-15(11-17(18)22)24-12-16(29-19(24)25)9-10-31(26,27)28/h7-8,11,16H,9-10,12-14H2,1-6H3,(H,26,27,28). The van der Waals surface area contributed by atoms with Crippen LogP contribution in [0.3, 0.4) is 0 Å². The maximum absolute atomic E-state index is 14.9. The van der Waals surface area contributed by atoms with Crippen molar-refractivity contribution in [2.24, 2.45) is 0 Å². The van der Waals surface area contributed by atoms with Crippen LogP contribution >= 0.6 is 0 Å². The average Bonchev–Trinajstić information content (AvgIpc) is 2.97. The summed E-state index contributed by atoms with van der Waals surface area (Å²) in [5.41, 5.74) is 0.458. The summed E-state index contributed by atoms with van der Waals surface area (Å²) >= 11 is 0. The minimum absolute atomic E-state index is 0.0256. The molecule has 0 aliphatic carbocycles. The molecule has 2 fully saturated rings. The molecule has 1 amide bonds. The van der Waals surface area contributed by atoms with Crippen LogP contribution in [0.1, 0.15) is 34.1 Å². The van der Waals surface area contributed by atoms with Gasteiger partial charge < -0.3 is 14.1 Å². The number of carbonyl (C=O) groups excluding carboxylic acids is 1. The molecule has 2 aliphatic heterocycles. The van der Waals surface area contributed by atoms with Gasteiger partial charge in [-0.3, -0.25) is 9.45 Å². The van der Waals surface area contributed by atoms with E-state index >= 15 is 0 Å².